The third-order valence-corrected chi connectivity index (χ3v) is 7.82. The summed E-state index contributed by atoms with van der Waals surface area (Å²) in [7, 11) is 3.34. The molecule has 1 amide bonds. The lowest BCUT2D eigenvalue weighted by molar-refractivity contribution is 0.0235. The van der Waals surface area contributed by atoms with Crippen molar-refractivity contribution >= 4 is 22.2 Å². The molecule has 1 saturated heterocycles. The summed E-state index contributed by atoms with van der Waals surface area (Å²) < 4.78 is 22.6. The summed E-state index contributed by atoms with van der Waals surface area (Å²) in [4.78, 5) is 16.8. The summed E-state index contributed by atoms with van der Waals surface area (Å²) in [6.07, 6.45) is 5.88. The molecule has 3 heterocycles. The molecular weight excluding hydrogens is 452 g/mol. The minimum atomic E-state index is -0.233. The van der Waals surface area contributed by atoms with Gasteiger partial charge in [0.1, 0.15) is 5.00 Å². The van der Waals surface area contributed by atoms with Gasteiger partial charge in [-0.15, -0.1) is 11.3 Å². The van der Waals surface area contributed by atoms with Crippen LogP contribution in [0.15, 0.2) is 41.0 Å². The van der Waals surface area contributed by atoms with Crippen LogP contribution in [0, 0.1) is 0 Å². The molecule has 2 aliphatic rings. The van der Waals surface area contributed by atoms with Crippen LogP contribution < -0.4 is 14.8 Å². The standard InChI is InChI=1S/C26H30N2O5S/c1-30-19-9-5-8-18(24(19)31-2)23(28-12-15-32-16-13-28)22-17-7-3-4-11-21(17)34-26(22)27-25(29)20-10-6-14-33-20/h5-6,8-10,14,23H,3-4,7,11-13,15-16H2,1-2H3,(H,27,29)/t23-/m1/s1. The number of aryl methyl sites for hydroxylation is 1. The monoisotopic (exact) mass is 482 g/mol. The van der Waals surface area contributed by atoms with Crippen molar-refractivity contribution < 1.29 is 23.4 Å². The number of carbonyl (C=O) groups is 1. The molecule has 1 aliphatic heterocycles. The summed E-state index contributed by atoms with van der Waals surface area (Å²) in [6, 6.07) is 9.34. The number of nitrogens with zero attached hydrogens (tertiary/aromatic N) is 1. The number of nitrogens with one attached hydrogen (secondary N) is 1. The fraction of sp³-hybridized carbons (Fsp3) is 0.423. The van der Waals surface area contributed by atoms with Crippen LogP contribution in [-0.4, -0.2) is 51.3 Å². The molecule has 1 N–H and O–H groups in total. The number of morpholine rings is 1. The molecule has 1 aliphatic carbocycles. The number of amides is 1. The molecule has 34 heavy (non-hydrogen) atoms. The predicted molar refractivity (Wildman–Crippen MR) is 131 cm³/mol. The molecule has 0 saturated carbocycles. The number of benzene rings is 1. The maximum absolute atomic E-state index is 13.0. The number of furan rings is 1. The summed E-state index contributed by atoms with van der Waals surface area (Å²) in [6.45, 7) is 2.93. The van der Waals surface area contributed by atoms with Gasteiger partial charge in [0.25, 0.3) is 5.91 Å². The minimum Gasteiger partial charge on any atom is -0.493 e. The van der Waals surface area contributed by atoms with Crippen LogP contribution in [0.4, 0.5) is 5.00 Å². The van der Waals surface area contributed by atoms with E-state index in [1.807, 2.05) is 12.1 Å². The number of rotatable bonds is 7. The Kier molecular flexibility index (Phi) is 6.89. The fourth-order valence-electron chi connectivity index (χ4n) is 5.04. The lowest BCUT2D eigenvalue weighted by Gasteiger charge is -2.36. The number of fused-ring (bicyclic) bond motifs is 1. The maximum Gasteiger partial charge on any atom is 0.291 e. The second kappa shape index (κ2) is 10.2. The normalized spacial score (nSPS) is 17.1. The lowest BCUT2D eigenvalue weighted by atomic mass is 9.88. The highest BCUT2D eigenvalue weighted by atomic mass is 32.1. The predicted octanol–water partition coefficient (Wildman–Crippen LogP) is 4.91. The van der Waals surface area contributed by atoms with Gasteiger partial charge in [0.05, 0.1) is 39.7 Å². The van der Waals surface area contributed by atoms with Crippen molar-refractivity contribution in [3.63, 3.8) is 0 Å². The second-order valence-corrected chi connectivity index (χ2v) is 9.62. The van der Waals surface area contributed by atoms with E-state index in [9.17, 15) is 4.79 Å². The Morgan fingerprint density at radius 1 is 1.09 bits per heavy atom. The molecular formula is C26H30N2O5S. The highest BCUT2D eigenvalue weighted by Gasteiger charge is 2.35. The van der Waals surface area contributed by atoms with Crippen LogP contribution in [0.25, 0.3) is 0 Å². The summed E-state index contributed by atoms with van der Waals surface area (Å²) in [5.41, 5.74) is 3.55. The molecule has 0 radical (unpaired) electrons. The zero-order chi connectivity index (χ0) is 23.5. The van der Waals surface area contributed by atoms with Crippen LogP contribution >= 0.6 is 11.3 Å². The van der Waals surface area contributed by atoms with Crippen molar-refractivity contribution in [3.8, 4) is 11.5 Å². The summed E-state index contributed by atoms with van der Waals surface area (Å²) in [5.74, 6) is 1.49. The van der Waals surface area contributed by atoms with Gasteiger partial charge >= 0.3 is 0 Å². The number of thiophene rings is 1. The quantitative estimate of drug-likeness (QED) is 0.516. The molecule has 1 atom stereocenters. The van der Waals surface area contributed by atoms with Crippen LogP contribution in [0.1, 0.15) is 51.0 Å². The Balaban J connectivity index is 1.67. The van der Waals surface area contributed by atoms with Crippen molar-refractivity contribution in [2.75, 3.05) is 45.8 Å². The molecule has 8 heteroatoms. The van der Waals surface area contributed by atoms with Crippen LogP contribution in [0.2, 0.25) is 0 Å². The summed E-state index contributed by atoms with van der Waals surface area (Å²) >= 11 is 1.69. The first-order chi connectivity index (χ1) is 16.7. The molecule has 2 aromatic heterocycles. The Hall–Kier alpha value is -2.81. The molecule has 1 fully saturated rings. The van der Waals surface area contributed by atoms with E-state index < -0.39 is 0 Å². The highest BCUT2D eigenvalue weighted by Crippen LogP contribution is 2.48. The SMILES string of the molecule is COc1cccc([C@H](c2c(NC(=O)c3ccco3)sc3c2CCCC3)N2CCOCC2)c1OC. The van der Waals surface area contributed by atoms with E-state index in [4.69, 9.17) is 18.6 Å². The molecule has 7 nitrogen and oxygen atoms in total. The average molecular weight is 483 g/mol. The van der Waals surface area contributed by atoms with Crippen molar-refractivity contribution in [2.45, 2.75) is 31.7 Å². The van der Waals surface area contributed by atoms with E-state index in [0.717, 1.165) is 54.2 Å². The van der Waals surface area contributed by atoms with Gasteiger partial charge in [0.15, 0.2) is 17.3 Å². The van der Waals surface area contributed by atoms with E-state index in [2.05, 4.69) is 16.3 Å². The number of anilines is 1. The summed E-state index contributed by atoms with van der Waals surface area (Å²) in [5, 5.41) is 4.07. The highest BCUT2D eigenvalue weighted by molar-refractivity contribution is 7.16. The number of ether oxygens (including phenoxy) is 3. The van der Waals surface area contributed by atoms with Gasteiger partial charge in [-0.3, -0.25) is 9.69 Å². The number of carbonyl (C=O) groups excluding carboxylic acids is 1. The first-order valence-corrected chi connectivity index (χ1v) is 12.5. The number of hydrogen-bond donors (Lipinski definition) is 1. The van der Waals surface area contributed by atoms with Gasteiger partial charge in [-0.05, 0) is 49.4 Å². The van der Waals surface area contributed by atoms with Gasteiger partial charge in [0.2, 0.25) is 0 Å². The van der Waals surface area contributed by atoms with Gasteiger partial charge in [0, 0.05) is 29.1 Å². The largest absolute Gasteiger partial charge is 0.493 e. The number of para-hydroxylation sites is 1. The molecule has 3 aromatic rings. The number of hydrogen-bond acceptors (Lipinski definition) is 7. The molecule has 0 spiro atoms. The zero-order valence-corrected chi connectivity index (χ0v) is 20.4. The van der Waals surface area contributed by atoms with Crippen molar-refractivity contribution in [3.05, 3.63) is 63.9 Å². The Morgan fingerprint density at radius 3 is 2.65 bits per heavy atom. The molecule has 0 unspecified atom stereocenters. The van der Waals surface area contributed by atoms with E-state index >= 15 is 0 Å². The molecule has 180 valence electrons. The Morgan fingerprint density at radius 2 is 1.91 bits per heavy atom. The third-order valence-electron chi connectivity index (χ3n) is 6.60. The molecule has 5 rings (SSSR count). The van der Waals surface area contributed by atoms with E-state index in [0.29, 0.717) is 24.7 Å². The zero-order valence-electron chi connectivity index (χ0n) is 19.6. The maximum atomic E-state index is 13.0. The lowest BCUT2D eigenvalue weighted by Crippen LogP contribution is -2.40. The van der Waals surface area contributed by atoms with Crippen molar-refractivity contribution in [1.82, 2.24) is 4.90 Å². The van der Waals surface area contributed by atoms with E-state index in [1.165, 1.54) is 23.1 Å². The van der Waals surface area contributed by atoms with Crippen LogP contribution in [-0.2, 0) is 17.6 Å². The second-order valence-electron chi connectivity index (χ2n) is 8.52. The van der Waals surface area contributed by atoms with Crippen LogP contribution in [0.3, 0.4) is 0 Å². The smallest absolute Gasteiger partial charge is 0.291 e. The first kappa shape index (κ1) is 23.0. The molecule has 1 aromatic carbocycles. The van der Waals surface area contributed by atoms with Gasteiger partial charge in [-0.2, -0.15) is 0 Å². The number of methoxy groups -OCH3 is 2. The van der Waals surface area contributed by atoms with Gasteiger partial charge < -0.3 is 23.9 Å². The first-order valence-electron chi connectivity index (χ1n) is 11.7. The third kappa shape index (κ3) is 4.33. The van der Waals surface area contributed by atoms with E-state index in [1.54, 1.807) is 37.7 Å². The van der Waals surface area contributed by atoms with Crippen LogP contribution in [0.5, 0.6) is 11.5 Å². The van der Waals surface area contributed by atoms with E-state index in [-0.39, 0.29) is 11.9 Å². The van der Waals surface area contributed by atoms with Crippen molar-refractivity contribution in [2.24, 2.45) is 0 Å². The van der Waals surface area contributed by atoms with Gasteiger partial charge in [-0.25, -0.2) is 0 Å². The minimum absolute atomic E-state index is 0.0982. The fourth-order valence-corrected chi connectivity index (χ4v) is 6.36. The van der Waals surface area contributed by atoms with Crippen molar-refractivity contribution in [1.29, 1.82) is 0 Å². The molecule has 0 bridgehead atoms. The topological polar surface area (TPSA) is 73.2 Å². The van der Waals surface area contributed by atoms with Gasteiger partial charge in [-0.1, -0.05) is 12.1 Å². The Labute approximate surface area is 203 Å². The average Bonchev–Trinajstić information content (AvgIpc) is 3.54. The Bertz CT molecular complexity index is 1130.